The van der Waals surface area contributed by atoms with Gasteiger partial charge in [0.05, 0.1) is 4.88 Å². The molecule has 0 saturated heterocycles. The highest BCUT2D eigenvalue weighted by Crippen LogP contribution is 2.23. The van der Waals surface area contributed by atoms with E-state index in [4.69, 9.17) is 0 Å². The number of anilines is 1. The second kappa shape index (κ2) is 5.93. The first-order valence-electron chi connectivity index (χ1n) is 7.31. The first-order valence-corrected chi connectivity index (χ1v) is 8.19. The maximum atomic E-state index is 12.3. The Morgan fingerprint density at radius 1 is 1.09 bits per heavy atom. The molecule has 1 aliphatic rings. The summed E-state index contributed by atoms with van der Waals surface area (Å²) < 4.78 is 0. The predicted octanol–water partition coefficient (Wildman–Crippen LogP) is 3.51. The van der Waals surface area contributed by atoms with Crippen LogP contribution in [0.5, 0.6) is 0 Å². The molecular weight excluding hydrogens is 296 g/mol. The van der Waals surface area contributed by atoms with Gasteiger partial charge < -0.3 is 10.6 Å². The quantitative estimate of drug-likeness (QED) is 0.907. The number of nitrogens with one attached hydrogen (secondary N) is 2. The van der Waals surface area contributed by atoms with Crippen molar-refractivity contribution < 1.29 is 9.59 Å². The number of hydrogen-bond acceptors (Lipinski definition) is 3. The Balaban J connectivity index is 1.79. The lowest BCUT2D eigenvalue weighted by Crippen LogP contribution is -2.25. The van der Waals surface area contributed by atoms with Crippen LogP contribution >= 0.6 is 11.3 Å². The van der Waals surface area contributed by atoms with Crippen molar-refractivity contribution in [1.82, 2.24) is 5.32 Å². The first-order chi connectivity index (χ1) is 10.5. The smallest absolute Gasteiger partial charge is 0.266 e. The molecule has 1 aliphatic carbocycles. The van der Waals surface area contributed by atoms with Crippen LogP contribution in [0.4, 0.5) is 5.69 Å². The molecule has 1 heterocycles. The molecule has 1 fully saturated rings. The van der Waals surface area contributed by atoms with Crippen LogP contribution in [0, 0.1) is 13.8 Å². The lowest BCUT2D eigenvalue weighted by atomic mass is 10.1. The molecule has 2 aromatic rings. The van der Waals surface area contributed by atoms with Crippen LogP contribution in [0.3, 0.4) is 0 Å². The average molecular weight is 314 g/mol. The molecule has 1 saturated carbocycles. The van der Waals surface area contributed by atoms with Gasteiger partial charge in [-0.25, -0.2) is 0 Å². The number of aryl methyl sites for hydroxylation is 2. The second-order valence-corrected chi connectivity index (χ2v) is 6.58. The summed E-state index contributed by atoms with van der Waals surface area (Å²) in [5, 5.41) is 7.77. The van der Waals surface area contributed by atoms with Crippen LogP contribution in [-0.4, -0.2) is 17.9 Å². The molecule has 0 unspecified atom stereocenters. The van der Waals surface area contributed by atoms with E-state index >= 15 is 0 Å². The van der Waals surface area contributed by atoms with Gasteiger partial charge in [0.1, 0.15) is 0 Å². The van der Waals surface area contributed by atoms with Gasteiger partial charge in [-0.2, -0.15) is 0 Å². The molecule has 5 heteroatoms. The fourth-order valence-corrected chi connectivity index (χ4v) is 3.00. The van der Waals surface area contributed by atoms with Crippen molar-refractivity contribution in [2.24, 2.45) is 0 Å². The van der Waals surface area contributed by atoms with Gasteiger partial charge >= 0.3 is 0 Å². The predicted molar refractivity (Wildman–Crippen MR) is 88.7 cm³/mol. The Bertz CT molecular complexity index is 732. The largest absolute Gasteiger partial charge is 0.349 e. The SMILES string of the molecule is Cc1ccc(C(=O)NC2CC2)cc1NC(=O)c1sccc1C. The maximum Gasteiger partial charge on any atom is 0.266 e. The summed E-state index contributed by atoms with van der Waals surface area (Å²) in [5.74, 6) is -0.208. The zero-order valence-corrected chi connectivity index (χ0v) is 13.4. The summed E-state index contributed by atoms with van der Waals surface area (Å²) in [6.45, 7) is 3.83. The van der Waals surface area contributed by atoms with Gasteiger partial charge in [-0.3, -0.25) is 9.59 Å². The minimum atomic E-state index is -0.129. The average Bonchev–Trinajstić information content (AvgIpc) is 3.19. The summed E-state index contributed by atoms with van der Waals surface area (Å²) in [6, 6.07) is 7.64. The van der Waals surface area contributed by atoms with E-state index in [0.29, 0.717) is 22.2 Å². The number of carbonyl (C=O) groups excluding carboxylic acids is 2. The second-order valence-electron chi connectivity index (χ2n) is 5.66. The third-order valence-electron chi connectivity index (χ3n) is 3.73. The summed E-state index contributed by atoms with van der Waals surface area (Å²) in [4.78, 5) is 25.1. The van der Waals surface area contributed by atoms with E-state index in [2.05, 4.69) is 10.6 Å². The number of thiophene rings is 1. The van der Waals surface area contributed by atoms with Crippen molar-refractivity contribution in [1.29, 1.82) is 0 Å². The van der Waals surface area contributed by atoms with Gasteiger partial charge in [0.15, 0.2) is 0 Å². The molecule has 2 N–H and O–H groups in total. The summed E-state index contributed by atoms with van der Waals surface area (Å²) in [7, 11) is 0. The summed E-state index contributed by atoms with van der Waals surface area (Å²) in [5.41, 5.74) is 3.16. The van der Waals surface area contributed by atoms with Crippen molar-refractivity contribution in [2.75, 3.05) is 5.32 Å². The molecule has 4 nitrogen and oxygen atoms in total. The van der Waals surface area contributed by atoms with E-state index in [1.165, 1.54) is 11.3 Å². The number of benzene rings is 1. The van der Waals surface area contributed by atoms with E-state index in [0.717, 1.165) is 24.0 Å². The zero-order valence-electron chi connectivity index (χ0n) is 12.6. The lowest BCUT2D eigenvalue weighted by Gasteiger charge is -2.10. The Morgan fingerprint density at radius 3 is 2.50 bits per heavy atom. The van der Waals surface area contributed by atoms with Gasteiger partial charge in [-0.1, -0.05) is 6.07 Å². The molecule has 0 atom stereocenters. The molecule has 0 radical (unpaired) electrons. The number of carbonyl (C=O) groups is 2. The highest BCUT2D eigenvalue weighted by molar-refractivity contribution is 7.12. The molecule has 0 spiro atoms. The third kappa shape index (κ3) is 3.20. The minimum absolute atomic E-state index is 0.0784. The Kier molecular flexibility index (Phi) is 3.98. The van der Waals surface area contributed by atoms with E-state index < -0.39 is 0 Å². The van der Waals surface area contributed by atoms with Crippen molar-refractivity contribution in [2.45, 2.75) is 32.7 Å². The van der Waals surface area contributed by atoms with Gasteiger partial charge in [0.2, 0.25) is 0 Å². The molecule has 0 bridgehead atoms. The maximum absolute atomic E-state index is 12.3. The minimum Gasteiger partial charge on any atom is -0.349 e. The van der Waals surface area contributed by atoms with Crippen molar-refractivity contribution >= 4 is 28.8 Å². The standard InChI is InChI=1S/C17H18N2O2S/c1-10-3-4-12(16(20)18-13-5-6-13)9-14(10)19-17(21)15-11(2)7-8-22-15/h3-4,7-9,13H,5-6H2,1-2H3,(H,18,20)(H,19,21). The number of rotatable bonds is 4. The molecular formula is C17H18N2O2S. The summed E-state index contributed by atoms with van der Waals surface area (Å²) >= 11 is 1.42. The number of hydrogen-bond donors (Lipinski definition) is 2. The third-order valence-corrected chi connectivity index (χ3v) is 4.74. The molecule has 0 aliphatic heterocycles. The molecule has 1 aromatic carbocycles. The van der Waals surface area contributed by atoms with Crippen molar-refractivity contribution in [3.05, 3.63) is 51.2 Å². The Morgan fingerprint density at radius 2 is 1.86 bits per heavy atom. The van der Waals surface area contributed by atoms with Crippen LogP contribution in [0.1, 0.15) is 44.0 Å². The normalized spacial score (nSPS) is 13.7. The van der Waals surface area contributed by atoms with Crippen LogP contribution in [0.2, 0.25) is 0 Å². The highest BCUT2D eigenvalue weighted by Gasteiger charge is 2.24. The van der Waals surface area contributed by atoms with Gasteiger partial charge in [-0.15, -0.1) is 11.3 Å². The fraction of sp³-hybridized carbons (Fsp3) is 0.294. The number of amides is 2. The van der Waals surface area contributed by atoms with E-state index in [1.54, 1.807) is 12.1 Å². The molecule has 114 valence electrons. The Hall–Kier alpha value is -2.14. The van der Waals surface area contributed by atoms with E-state index in [1.807, 2.05) is 31.4 Å². The van der Waals surface area contributed by atoms with Crippen LogP contribution in [0.25, 0.3) is 0 Å². The van der Waals surface area contributed by atoms with Gasteiger partial charge in [-0.05, 0) is 61.4 Å². The van der Waals surface area contributed by atoms with Crippen LogP contribution in [0.15, 0.2) is 29.6 Å². The monoisotopic (exact) mass is 314 g/mol. The summed E-state index contributed by atoms with van der Waals surface area (Å²) in [6.07, 6.45) is 2.11. The highest BCUT2D eigenvalue weighted by atomic mass is 32.1. The zero-order chi connectivity index (χ0) is 15.7. The lowest BCUT2D eigenvalue weighted by molar-refractivity contribution is 0.0949. The molecule has 22 heavy (non-hydrogen) atoms. The van der Waals surface area contributed by atoms with Gasteiger partial charge in [0.25, 0.3) is 11.8 Å². The van der Waals surface area contributed by atoms with E-state index in [-0.39, 0.29) is 11.8 Å². The van der Waals surface area contributed by atoms with E-state index in [9.17, 15) is 9.59 Å². The van der Waals surface area contributed by atoms with Gasteiger partial charge in [0, 0.05) is 17.3 Å². The topological polar surface area (TPSA) is 58.2 Å². The van der Waals surface area contributed by atoms with Crippen molar-refractivity contribution in [3.8, 4) is 0 Å². The molecule has 2 amide bonds. The first kappa shape index (κ1) is 14.8. The molecule has 1 aromatic heterocycles. The van der Waals surface area contributed by atoms with Crippen LogP contribution in [-0.2, 0) is 0 Å². The molecule has 3 rings (SSSR count). The van der Waals surface area contributed by atoms with Crippen molar-refractivity contribution in [3.63, 3.8) is 0 Å². The van der Waals surface area contributed by atoms with Crippen LogP contribution < -0.4 is 10.6 Å². The fourth-order valence-electron chi connectivity index (χ4n) is 2.18. The Labute approximate surface area is 133 Å².